The number of rotatable bonds is 0. The lowest BCUT2D eigenvalue weighted by atomic mass is 9.87. The molecule has 1 aliphatic heterocycles. The predicted octanol–water partition coefficient (Wildman–Crippen LogP) is 2.95. The zero-order valence-electron chi connectivity index (χ0n) is 8.98. The standard InChI is InChI=1S/C11H23N/c1-9-7-5-6-8-11(3,4)12-10(9)2/h9-10,12H,5-8H2,1-4H3. The van der Waals surface area contributed by atoms with Crippen molar-refractivity contribution in [2.24, 2.45) is 5.92 Å². The van der Waals surface area contributed by atoms with Crippen LogP contribution in [0, 0.1) is 5.92 Å². The Morgan fingerprint density at radius 3 is 2.50 bits per heavy atom. The summed E-state index contributed by atoms with van der Waals surface area (Å²) in [5.41, 5.74) is 0.355. The summed E-state index contributed by atoms with van der Waals surface area (Å²) in [6.45, 7) is 9.32. The Morgan fingerprint density at radius 1 is 1.17 bits per heavy atom. The highest BCUT2D eigenvalue weighted by Crippen LogP contribution is 2.23. The van der Waals surface area contributed by atoms with Gasteiger partial charge in [0.15, 0.2) is 0 Å². The molecule has 0 aromatic rings. The van der Waals surface area contributed by atoms with E-state index in [2.05, 4.69) is 33.0 Å². The molecule has 2 unspecified atom stereocenters. The molecule has 1 heteroatoms. The van der Waals surface area contributed by atoms with Crippen LogP contribution in [0.3, 0.4) is 0 Å². The fourth-order valence-corrected chi connectivity index (χ4v) is 2.11. The number of nitrogens with one attached hydrogen (secondary N) is 1. The van der Waals surface area contributed by atoms with Crippen molar-refractivity contribution >= 4 is 0 Å². The fraction of sp³-hybridized carbons (Fsp3) is 1.00. The fourth-order valence-electron chi connectivity index (χ4n) is 2.11. The van der Waals surface area contributed by atoms with E-state index in [9.17, 15) is 0 Å². The van der Waals surface area contributed by atoms with Gasteiger partial charge in [-0.05, 0) is 39.5 Å². The van der Waals surface area contributed by atoms with Crippen LogP contribution in [-0.2, 0) is 0 Å². The summed E-state index contributed by atoms with van der Waals surface area (Å²) in [5.74, 6) is 0.838. The van der Waals surface area contributed by atoms with Gasteiger partial charge >= 0.3 is 0 Å². The third-order valence-corrected chi connectivity index (χ3v) is 3.18. The first kappa shape index (κ1) is 10.0. The molecule has 2 atom stereocenters. The summed E-state index contributed by atoms with van der Waals surface area (Å²) >= 11 is 0. The predicted molar refractivity (Wildman–Crippen MR) is 54.3 cm³/mol. The van der Waals surface area contributed by atoms with Gasteiger partial charge in [0.25, 0.3) is 0 Å². The summed E-state index contributed by atoms with van der Waals surface area (Å²) < 4.78 is 0. The second kappa shape index (κ2) is 3.78. The van der Waals surface area contributed by atoms with Gasteiger partial charge in [-0.2, -0.15) is 0 Å². The molecule has 0 aromatic carbocycles. The van der Waals surface area contributed by atoms with Gasteiger partial charge in [0.05, 0.1) is 0 Å². The number of hydrogen-bond acceptors (Lipinski definition) is 1. The van der Waals surface area contributed by atoms with Crippen LogP contribution in [0.2, 0.25) is 0 Å². The van der Waals surface area contributed by atoms with E-state index in [1.54, 1.807) is 0 Å². The minimum atomic E-state index is 0.355. The van der Waals surface area contributed by atoms with E-state index >= 15 is 0 Å². The summed E-state index contributed by atoms with van der Waals surface area (Å²) in [6.07, 6.45) is 5.52. The molecule has 0 spiro atoms. The van der Waals surface area contributed by atoms with Crippen LogP contribution in [0.25, 0.3) is 0 Å². The first-order chi connectivity index (χ1) is 5.51. The van der Waals surface area contributed by atoms with Gasteiger partial charge in [0, 0.05) is 11.6 Å². The summed E-state index contributed by atoms with van der Waals surface area (Å²) in [7, 11) is 0. The zero-order chi connectivity index (χ0) is 9.19. The third kappa shape index (κ3) is 2.78. The molecule has 1 fully saturated rings. The Morgan fingerprint density at radius 2 is 1.83 bits per heavy atom. The van der Waals surface area contributed by atoms with Crippen LogP contribution < -0.4 is 5.32 Å². The van der Waals surface area contributed by atoms with Crippen LogP contribution in [0.15, 0.2) is 0 Å². The molecule has 1 saturated heterocycles. The van der Waals surface area contributed by atoms with E-state index in [0.29, 0.717) is 11.6 Å². The number of hydrogen-bond donors (Lipinski definition) is 1. The molecule has 1 aliphatic rings. The minimum absolute atomic E-state index is 0.355. The molecule has 0 aromatic heterocycles. The molecule has 1 nitrogen and oxygen atoms in total. The van der Waals surface area contributed by atoms with E-state index in [-0.39, 0.29) is 0 Å². The van der Waals surface area contributed by atoms with Crippen LogP contribution in [0.1, 0.15) is 53.4 Å². The maximum atomic E-state index is 3.71. The summed E-state index contributed by atoms with van der Waals surface area (Å²) in [5, 5.41) is 3.71. The van der Waals surface area contributed by atoms with Crippen molar-refractivity contribution in [2.45, 2.75) is 65.0 Å². The van der Waals surface area contributed by atoms with E-state index in [1.165, 1.54) is 25.7 Å². The Balaban J connectivity index is 2.53. The lowest BCUT2D eigenvalue weighted by Gasteiger charge is -2.35. The maximum absolute atomic E-state index is 3.71. The Labute approximate surface area is 76.9 Å². The average molecular weight is 169 g/mol. The highest BCUT2D eigenvalue weighted by atomic mass is 15.0. The van der Waals surface area contributed by atoms with Crippen molar-refractivity contribution in [3.05, 3.63) is 0 Å². The van der Waals surface area contributed by atoms with E-state index < -0.39 is 0 Å². The van der Waals surface area contributed by atoms with Gasteiger partial charge in [-0.25, -0.2) is 0 Å². The SMILES string of the molecule is CC1CCCCC(C)(C)NC1C. The maximum Gasteiger partial charge on any atom is 0.0127 e. The second-order valence-corrected chi connectivity index (χ2v) is 5.04. The van der Waals surface area contributed by atoms with Crippen molar-refractivity contribution in [1.29, 1.82) is 0 Å². The Hall–Kier alpha value is -0.0400. The lowest BCUT2D eigenvalue weighted by Crippen LogP contribution is -2.48. The van der Waals surface area contributed by atoms with E-state index in [4.69, 9.17) is 0 Å². The summed E-state index contributed by atoms with van der Waals surface area (Å²) in [4.78, 5) is 0. The molecule has 0 bridgehead atoms. The highest BCUT2D eigenvalue weighted by Gasteiger charge is 2.24. The molecule has 0 radical (unpaired) electrons. The van der Waals surface area contributed by atoms with Crippen molar-refractivity contribution in [1.82, 2.24) is 5.32 Å². The van der Waals surface area contributed by atoms with Crippen molar-refractivity contribution in [3.8, 4) is 0 Å². The summed E-state index contributed by atoms with van der Waals surface area (Å²) in [6, 6.07) is 0.681. The van der Waals surface area contributed by atoms with Crippen molar-refractivity contribution < 1.29 is 0 Å². The van der Waals surface area contributed by atoms with Crippen LogP contribution in [0.5, 0.6) is 0 Å². The zero-order valence-corrected chi connectivity index (χ0v) is 8.98. The normalized spacial score (nSPS) is 37.0. The molecule has 0 amide bonds. The molecule has 72 valence electrons. The van der Waals surface area contributed by atoms with Gasteiger partial charge in [-0.15, -0.1) is 0 Å². The van der Waals surface area contributed by atoms with Gasteiger partial charge in [0.2, 0.25) is 0 Å². The monoisotopic (exact) mass is 169 g/mol. The quantitative estimate of drug-likeness (QED) is 0.588. The topological polar surface area (TPSA) is 12.0 Å². The van der Waals surface area contributed by atoms with Crippen LogP contribution in [0.4, 0.5) is 0 Å². The molecular formula is C11H23N. The molecule has 0 saturated carbocycles. The van der Waals surface area contributed by atoms with Crippen LogP contribution in [-0.4, -0.2) is 11.6 Å². The van der Waals surface area contributed by atoms with Gasteiger partial charge < -0.3 is 5.32 Å². The average Bonchev–Trinajstić information content (AvgIpc) is 1.95. The van der Waals surface area contributed by atoms with Gasteiger partial charge in [-0.3, -0.25) is 0 Å². The molecule has 12 heavy (non-hydrogen) atoms. The Bertz CT molecular complexity index is 140. The van der Waals surface area contributed by atoms with Crippen molar-refractivity contribution in [3.63, 3.8) is 0 Å². The smallest absolute Gasteiger partial charge is 0.0127 e. The molecule has 1 heterocycles. The first-order valence-corrected chi connectivity index (χ1v) is 5.29. The van der Waals surface area contributed by atoms with Gasteiger partial charge in [0.1, 0.15) is 0 Å². The first-order valence-electron chi connectivity index (χ1n) is 5.29. The third-order valence-electron chi connectivity index (χ3n) is 3.18. The van der Waals surface area contributed by atoms with Crippen molar-refractivity contribution in [2.75, 3.05) is 0 Å². The van der Waals surface area contributed by atoms with Gasteiger partial charge in [-0.1, -0.05) is 19.8 Å². The molecule has 1 N–H and O–H groups in total. The largest absolute Gasteiger partial charge is 0.309 e. The van der Waals surface area contributed by atoms with E-state index in [1.807, 2.05) is 0 Å². The molecule has 1 rings (SSSR count). The van der Waals surface area contributed by atoms with E-state index in [0.717, 1.165) is 5.92 Å². The molecule has 0 aliphatic carbocycles. The Kier molecular flexibility index (Phi) is 3.16. The molecular weight excluding hydrogens is 146 g/mol. The second-order valence-electron chi connectivity index (χ2n) is 5.04. The highest BCUT2D eigenvalue weighted by molar-refractivity contribution is 4.84. The van der Waals surface area contributed by atoms with Crippen LogP contribution >= 0.6 is 0 Å². The minimum Gasteiger partial charge on any atom is -0.309 e. The lowest BCUT2D eigenvalue weighted by molar-refractivity contribution is 0.235.